The Kier molecular flexibility index (Phi) is 5.22. The molecule has 0 amide bonds. The van der Waals surface area contributed by atoms with Crippen molar-refractivity contribution in [3.8, 4) is 0 Å². The monoisotopic (exact) mass is 229 g/mol. The van der Waals surface area contributed by atoms with Gasteiger partial charge in [0.1, 0.15) is 0 Å². The smallest absolute Gasteiger partial charge is 0.168 e. The molecule has 0 spiro atoms. The molecule has 0 aromatic heterocycles. The Balaban J connectivity index is 2.47. The van der Waals surface area contributed by atoms with Crippen LogP contribution < -0.4 is 5.32 Å². The summed E-state index contributed by atoms with van der Waals surface area (Å²) in [4.78, 5) is 0. The van der Waals surface area contributed by atoms with E-state index < -0.39 is 0 Å². The van der Waals surface area contributed by atoms with Crippen LogP contribution in [0.5, 0.6) is 0 Å². The van der Waals surface area contributed by atoms with E-state index in [0.29, 0.717) is 0 Å². The Hall–Kier alpha value is -0.120. The molecule has 96 valence electrons. The maximum absolute atomic E-state index is 6.02. The zero-order chi connectivity index (χ0) is 12.1. The van der Waals surface area contributed by atoms with E-state index in [-0.39, 0.29) is 11.2 Å². The van der Waals surface area contributed by atoms with Gasteiger partial charge in [0.15, 0.2) is 5.79 Å². The van der Waals surface area contributed by atoms with Gasteiger partial charge in [-0.25, -0.2) is 0 Å². The van der Waals surface area contributed by atoms with E-state index in [2.05, 4.69) is 26.1 Å². The summed E-state index contributed by atoms with van der Waals surface area (Å²) in [6.45, 7) is 9.22. The van der Waals surface area contributed by atoms with Crippen LogP contribution in [0.2, 0.25) is 0 Å². The molecule has 0 saturated carbocycles. The van der Waals surface area contributed by atoms with Crippen molar-refractivity contribution in [3.63, 3.8) is 0 Å². The molecule has 0 unspecified atom stereocenters. The SMILES string of the molecule is CCCC1(CCCNC)OCC(C)(C)CO1. The van der Waals surface area contributed by atoms with Crippen LogP contribution in [0.15, 0.2) is 0 Å². The molecule has 3 nitrogen and oxygen atoms in total. The average molecular weight is 229 g/mol. The minimum Gasteiger partial charge on any atom is -0.349 e. The first kappa shape index (κ1) is 13.9. The summed E-state index contributed by atoms with van der Waals surface area (Å²) in [5.41, 5.74) is 0.167. The normalized spacial score (nSPS) is 23.2. The summed E-state index contributed by atoms with van der Waals surface area (Å²) < 4.78 is 12.0. The average Bonchev–Trinajstić information content (AvgIpc) is 2.24. The molecule has 0 atom stereocenters. The maximum Gasteiger partial charge on any atom is 0.168 e. The Morgan fingerprint density at radius 2 is 1.75 bits per heavy atom. The summed E-state index contributed by atoms with van der Waals surface area (Å²) in [5.74, 6) is -0.304. The molecule has 1 fully saturated rings. The van der Waals surface area contributed by atoms with Crippen molar-refractivity contribution in [2.75, 3.05) is 26.8 Å². The van der Waals surface area contributed by atoms with Crippen LogP contribution in [0, 0.1) is 5.41 Å². The van der Waals surface area contributed by atoms with E-state index >= 15 is 0 Å². The molecule has 0 aromatic carbocycles. The largest absolute Gasteiger partial charge is 0.349 e. The minimum absolute atomic E-state index is 0.167. The molecule has 1 aliphatic rings. The first-order valence-corrected chi connectivity index (χ1v) is 6.46. The van der Waals surface area contributed by atoms with Gasteiger partial charge in [-0.1, -0.05) is 27.2 Å². The van der Waals surface area contributed by atoms with Crippen molar-refractivity contribution in [3.05, 3.63) is 0 Å². The van der Waals surface area contributed by atoms with Gasteiger partial charge in [0, 0.05) is 18.3 Å². The van der Waals surface area contributed by atoms with Gasteiger partial charge in [0.2, 0.25) is 0 Å². The highest BCUT2D eigenvalue weighted by atomic mass is 16.7. The third kappa shape index (κ3) is 4.04. The zero-order valence-corrected chi connectivity index (χ0v) is 11.3. The quantitative estimate of drug-likeness (QED) is 0.710. The third-order valence-electron chi connectivity index (χ3n) is 3.07. The van der Waals surface area contributed by atoms with Crippen molar-refractivity contribution in [1.82, 2.24) is 5.32 Å². The predicted octanol–water partition coefficient (Wildman–Crippen LogP) is 2.56. The topological polar surface area (TPSA) is 30.5 Å². The number of hydrogen-bond acceptors (Lipinski definition) is 3. The molecule has 1 rings (SSSR count). The van der Waals surface area contributed by atoms with Crippen molar-refractivity contribution < 1.29 is 9.47 Å². The van der Waals surface area contributed by atoms with Gasteiger partial charge < -0.3 is 14.8 Å². The van der Waals surface area contributed by atoms with E-state index in [4.69, 9.17) is 9.47 Å². The molecule has 3 heteroatoms. The molecule has 16 heavy (non-hydrogen) atoms. The van der Waals surface area contributed by atoms with Crippen molar-refractivity contribution in [2.24, 2.45) is 5.41 Å². The fourth-order valence-electron chi connectivity index (χ4n) is 2.07. The van der Waals surface area contributed by atoms with Crippen molar-refractivity contribution >= 4 is 0 Å². The molecule has 1 aliphatic heterocycles. The van der Waals surface area contributed by atoms with Crippen LogP contribution >= 0.6 is 0 Å². The molecule has 1 N–H and O–H groups in total. The van der Waals surface area contributed by atoms with Gasteiger partial charge in [0.05, 0.1) is 13.2 Å². The van der Waals surface area contributed by atoms with Crippen LogP contribution in [-0.4, -0.2) is 32.6 Å². The Bertz CT molecular complexity index is 194. The van der Waals surface area contributed by atoms with Crippen LogP contribution in [0.1, 0.15) is 46.5 Å². The molecule has 0 radical (unpaired) electrons. The molecule has 1 heterocycles. The standard InChI is InChI=1S/C13H27NO2/c1-5-7-13(8-6-9-14-4)15-10-12(2,3)11-16-13/h14H,5-11H2,1-4H3. The van der Waals surface area contributed by atoms with Crippen molar-refractivity contribution in [2.45, 2.75) is 52.2 Å². The lowest BCUT2D eigenvalue weighted by molar-refractivity contribution is -0.304. The van der Waals surface area contributed by atoms with Crippen LogP contribution in [-0.2, 0) is 9.47 Å². The molecule has 0 aliphatic carbocycles. The van der Waals surface area contributed by atoms with Gasteiger partial charge >= 0.3 is 0 Å². The van der Waals surface area contributed by atoms with Crippen LogP contribution in [0.3, 0.4) is 0 Å². The van der Waals surface area contributed by atoms with E-state index in [1.807, 2.05) is 7.05 Å². The van der Waals surface area contributed by atoms with Gasteiger partial charge in [-0.15, -0.1) is 0 Å². The number of hydrogen-bond donors (Lipinski definition) is 1. The maximum atomic E-state index is 6.02. The number of nitrogens with one attached hydrogen (secondary N) is 1. The summed E-state index contributed by atoms with van der Waals surface area (Å²) in [5, 5.41) is 3.17. The van der Waals surface area contributed by atoms with E-state index in [1.54, 1.807) is 0 Å². The lowest BCUT2D eigenvalue weighted by atomic mass is 9.93. The second-order valence-corrected chi connectivity index (χ2v) is 5.61. The van der Waals surface area contributed by atoms with Crippen LogP contribution in [0.25, 0.3) is 0 Å². The molecule has 1 saturated heterocycles. The second kappa shape index (κ2) is 5.99. The van der Waals surface area contributed by atoms with Gasteiger partial charge in [-0.3, -0.25) is 0 Å². The lowest BCUT2D eigenvalue weighted by Crippen LogP contribution is -2.47. The summed E-state index contributed by atoms with van der Waals surface area (Å²) in [6.07, 6.45) is 4.22. The fourth-order valence-corrected chi connectivity index (χ4v) is 2.07. The van der Waals surface area contributed by atoms with E-state index in [9.17, 15) is 0 Å². The minimum atomic E-state index is -0.304. The highest BCUT2D eigenvalue weighted by Gasteiger charge is 2.39. The first-order chi connectivity index (χ1) is 7.54. The lowest BCUT2D eigenvalue weighted by Gasteiger charge is -2.43. The van der Waals surface area contributed by atoms with Gasteiger partial charge in [0.25, 0.3) is 0 Å². The third-order valence-corrected chi connectivity index (χ3v) is 3.07. The predicted molar refractivity (Wildman–Crippen MR) is 66.5 cm³/mol. The van der Waals surface area contributed by atoms with E-state index in [1.165, 1.54) is 0 Å². The zero-order valence-electron chi connectivity index (χ0n) is 11.3. The number of ether oxygens (including phenoxy) is 2. The number of rotatable bonds is 6. The second-order valence-electron chi connectivity index (χ2n) is 5.61. The Morgan fingerprint density at radius 3 is 2.25 bits per heavy atom. The molecular formula is C13H27NO2. The van der Waals surface area contributed by atoms with Crippen LogP contribution in [0.4, 0.5) is 0 Å². The van der Waals surface area contributed by atoms with Gasteiger partial charge in [-0.05, 0) is 20.0 Å². The van der Waals surface area contributed by atoms with E-state index in [0.717, 1.165) is 45.4 Å². The Morgan fingerprint density at radius 1 is 1.12 bits per heavy atom. The highest BCUT2D eigenvalue weighted by molar-refractivity contribution is 4.80. The van der Waals surface area contributed by atoms with Gasteiger partial charge in [-0.2, -0.15) is 0 Å². The highest BCUT2D eigenvalue weighted by Crippen LogP contribution is 2.35. The van der Waals surface area contributed by atoms with Crippen molar-refractivity contribution in [1.29, 1.82) is 0 Å². The summed E-state index contributed by atoms with van der Waals surface area (Å²) in [7, 11) is 1.98. The summed E-state index contributed by atoms with van der Waals surface area (Å²) >= 11 is 0. The molecular weight excluding hydrogens is 202 g/mol. The first-order valence-electron chi connectivity index (χ1n) is 6.46. The molecule has 0 bridgehead atoms. The molecule has 0 aromatic rings. The fraction of sp³-hybridized carbons (Fsp3) is 1.00. The summed E-state index contributed by atoms with van der Waals surface area (Å²) in [6, 6.07) is 0. The Labute approximate surface area is 99.9 Å².